The molecule has 0 bridgehead atoms. The Kier molecular flexibility index (Phi) is 10.8. The van der Waals surface area contributed by atoms with Crippen molar-refractivity contribution in [2.75, 3.05) is 19.6 Å². The normalized spacial score (nSPS) is 20.1. The lowest BCUT2D eigenvalue weighted by molar-refractivity contribution is -0.123. The fourth-order valence-electron chi connectivity index (χ4n) is 4.77. The lowest BCUT2D eigenvalue weighted by Gasteiger charge is -2.13. The van der Waals surface area contributed by atoms with Crippen LogP contribution in [0.3, 0.4) is 0 Å². The predicted octanol–water partition coefficient (Wildman–Crippen LogP) is 3.57. The zero-order valence-electron chi connectivity index (χ0n) is 20.5. The molecule has 3 fully saturated rings. The number of para-hydroxylation sites is 1. The molecule has 2 aliphatic heterocycles. The van der Waals surface area contributed by atoms with Crippen LogP contribution in [0.2, 0.25) is 0 Å². The van der Waals surface area contributed by atoms with Crippen LogP contribution in [0.25, 0.3) is 10.9 Å². The Morgan fingerprint density at radius 2 is 1.69 bits per heavy atom. The fraction of sp³-hybridized carbons (Fsp3) is 0.556. The van der Waals surface area contributed by atoms with E-state index in [0.717, 1.165) is 43.3 Å². The number of benzene rings is 1. The highest BCUT2D eigenvalue weighted by atomic mass is 16.2. The smallest absolute Gasteiger partial charge is 0.270 e. The lowest BCUT2D eigenvalue weighted by Crippen LogP contribution is -2.33. The number of nitrogens with one attached hydrogen (secondary N) is 3. The van der Waals surface area contributed by atoms with Gasteiger partial charge in [-0.3, -0.25) is 14.4 Å². The Labute approximate surface area is 207 Å². The highest BCUT2D eigenvalue weighted by Gasteiger charge is 2.26. The molecule has 8 nitrogen and oxygen atoms in total. The number of carbonyl (C=O) groups excluding carboxylic acids is 4. The molecule has 0 unspecified atom stereocenters. The highest BCUT2D eigenvalue weighted by molar-refractivity contribution is 5.98. The molecule has 1 saturated carbocycles. The largest absolute Gasteiger partial charge is 0.356 e. The summed E-state index contributed by atoms with van der Waals surface area (Å²) < 4.78 is 0. The van der Waals surface area contributed by atoms with Crippen molar-refractivity contribution >= 4 is 35.4 Å². The maximum absolute atomic E-state index is 12.1. The zero-order chi connectivity index (χ0) is 24.9. The highest BCUT2D eigenvalue weighted by Crippen LogP contribution is 2.18. The molecule has 2 atom stereocenters. The average molecular weight is 483 g/mol. The first-order valence-corrected chi connectivity index (χ1v) is 12.9. The van der Waals surface area contributed by atoms with E-state index in [4.69, 9.17) is 0 Å². The van der Waals surface area contributed by atoms with Gasteiger partial charge in [-0.25, -0.2) is 0 Å². The monoisotopic (exact) mass is 482 g/mol. The van der Waals surface area contributed by atoms with Gasteiger partial charge in [0.15, 0.2) is 0 Å². The summed E-state index contributed by atoms with van der Waals surface area (Å²) in [7, 11) is 0. The van der Waals surface area contributed by atoms with Gasteiger partial charge in [-0.05, 0) is 37.8 Å². The molecule has 1 aromatic heterocycles. The third kappa shape index (κ3) is 8.23. The van der Waals surface area contributed by atoms with Crippen molar-refractivity contribution in [1.29, 1.82) is 0 Å². The minimum Gasteiger partial charge on any atom is -0.356 e. The van der Waals surface area contributed by atoms with Gasteiger partial charge in [0.05, 0.1) is 6.04 Å². The molecule has 3 amide bonds. The van der Waals surface area contributed by atoms with Crippen LogP contribution in [0.15, 0.2) is 30.3 Å². The molecule has 1 aliphatic carbocycles. The van der Waals surface area contributed by atoms with Crippen LogP contribution in [0.4, 0.5) is 0 Å². The number of hydrogen-bond acceptors (Lipinski definition) is 4. The number of carbonyl (C=O) groups is 4. The molecule has 0 spiro atoms. The van der Waals surface area contributed by atoms with Crippen molar-refractivity contribution in [3.8, 4) is 0 Å². The van der Waals surface area contributed by atoms with E-state index in [-0.39, 0.29) is 17.7 Å². The Balaban J connectivity index is 0.000000161. The number of amides is 3. The quantitative estimate of drug-likeness (QED) is 0.547. The number of H-pyrrole nitrogens is 1. The fourth-order valence-corrected chi connectivity index (χ4v) is 4.77. The molecule has 190 valence electrons. The molecule has 2 aromatic rings. The van der Waals surface area contributed by atoms with Gasteiger partial charge in [0.25, 0.3) is 5.91 Å². The van der Waals surface area contributed by atoms with Gasteiger partial charge >= 0.3 is 0 Å². The second kappa shape index (κ2) is 14.3. The first kappa shape index (κ1) is 26.4. The Hall–Kier alpha value is -3.16. The summed E-state index contributed by atoms with van der Waals surface area (Å²) in [5, 5.41) is 6.12. The molecule has 0 radical (unpaired) electrons. The van der Waals surface area contributed by atoms with E-state index in [0.29, 0.717) is 31.4 Å². The molecule has 3 N–H and O–H groups in total. The zero-order valence-corrected chi connectivity index (χ0v) is 20.5. The van der Waals surface area contributed by atoms with E-state index in [1.807, 2.05) is 35.2 Å². The van der Waals surface area contributed by atoms with Crippen LogP contribution in [0.5, 0.6) is 0 Å². The molecular weight excluding hydrogens is 444 g/mol. The van der Waals surface area contributed by atoms with Crippen molar-refractivity contribution in [3.05, 3.63) is 36.0 Å². The first-order valence-electron chi connectivity index (χ1n) is 12.9. The van der Waals surface area contributed by atoms with E-state index >= 15 is 0 Å². The molecule has 3 aliphatic rings. The second-order valence-corrected chi connectivity index (χ2v) is 9.43. The lowest BCUT2D eigenvalue weighted by atomic mass is 9.99. The number of aromatic nitrogens is 1. The number of aldehydes is 1. The number of nitrogens with zero attached hydrogens (tertiary/aromatic N) is 1. The van der Waals surface area contributed by atoms with E-state index in [9.17, 15) is 19.2 Å². The minimum absolute atomic E-state index is 0.0282. The number of fused-ring (bicyclic) bond motifs is 1. The van der Waals surface area contributed by atoms with Gasteiger partial charge in [0.2, 0.25) is 12.3 Å². The van der Waals surface area contributed by atoms with Crippen LogP contribution in [0.1, 0.15) is 74.7 Å². The number of likely N-dealkylation sites (tertiary alicyclic amines) is 1. The number of rotatable bonds is 6. The Morgan fingerprint density at radius 1 is 1.03 bits per heavy atom. The SMILES string of the molecule is C1CCCCC1.O=C(c1cc2ccccc2[nH]1)N1CCCC1.O=CN[C@H](C=O)C[C@@H]1CCNC1=O. The molecule has 5 rings (SSSR count). The van der Waals surface area contributed by atoms with Crippen molar-refractivity contribution in [2.24, 2.45) is 5.92 Å². The number of hydrogen-bond donors (Lipinski definition) is 3. The van der Waals surface area contributed by atoms with Gasteiger partial charge in [0, 0.05) is 36.5 Å². The summed E-state index contributed by atoms with van der Waals surface area (Å²) >= 11 is 0. The number of aromatic amines is 1. The van der Waals surface area contributed by atoms with Crippen LogP contribution in [-0.4, -0.2) is 60.1 Å². The van der Waals surface area contributed by atoms with Crippen molar-refractivity contribution < 1.29 is 19.2 Å². The Morgan fingerprint density at radius 3 is 2.23 bits per heavy atom. The summed E-state index contributed by atoms with van der Waals surface area (Å²) in [6, 6.07) is 9.38. The van der Waals surface area contributed by atoms with E-state index in [1.54, 1.807) is 0 Å². The molecule has 8 heteroatoms. The molecule has 35 heavy (non-hydrogen) atoms. The van der Waals surface area contributed by atoms with Crippen molar-refractivity contribution in [2.45, 2.75) is 70.3 Å². The molecule has 1 aromatic carbocycles. The standard InChI is InChI=1S/C13H14N2O.C8H12N2O3.C6H12/c16-13(15-7-3-4-8-15)12-9-10-5-1-2-6-11(10)14-12;11-4-7(10-5-12)3-6-1-2-9-8(6)13;1-2-4-6-5-3-1/h1-2,5-6,9,14H,3-4,7-8H2;4-7H,1-3H2,(H,9,13)(H,10,12);1-6H2/t;6-,7-;/m.0./s1. The van der Waals surface area contributed by atoms with Gasteiger partial charge in [-0.2, -0.15) is 0 Å². The van der Waals surface area contributed by atoms with E-state index in [2.05, 4.69) is 15.6 Å². The maximum atomic E-state index is 12.1. The van der Waals surface area contributed by atoms with Crippen LogP contribution in [-0.2, 0) is 14.4 Å². The second-order valence-electron chi connectivity index (χ2n) is 9.43. The minimum atomic E-state index is -0.536. The third-order valence-corrected chi connectivity index (χ3v) is 6.80. The summed E-state index contributed by atoms with van der Waals surface area (Å²) in [5.41, 5.74) is 1.74. The van der Waals surface area contributed by atoms with E-state index < -0.39 is 6.04 Å². The summed E-state index contributed by atoms with van der Waals surface area (Å²) in [4.78, 5) is 48.8. The maximum Gasteiger partial charge on any atom is 0.270 e. The van der Waals surface area contributed by atoms with Gasteiger partial charge in [0.1, 0.15) is 12.0 Å². The molecular formula is C27H38N4O4. The third-order valence-electron chi connectivity index (χ3n) is 6.80. The average Bonchev–Trinajstić information content (AvgIpc) is 3.67. The van der Waals surface area contributed by atoms with Crippen LogP contribution >= 0.6 is 0 Å². The van der Waals surface area contributed by atoms with Crippen molar-refractivity contribution in [3.63, 3.8) is 0 Å². The molecule has 3 heterocycles. The van der Waals surface area contributed by atoms with Crippen molar-refractivity contribution in [1.82, 2.24) is 20.5 Å². The van der Waals surface area contributed by atoms with Gasteiger partial charge in [-0.1, -0.05) is 56.7 Å². The van der Waals surface area contributed by atoms with Crippen LogP contribution < -0.4 is 10.6 Å². The Bertz CT molecular complexity index is 918. The van der Waals surface area contributed by atoms with Gasteiger partial charge in [-0.15, -0.1) is 0 Å². The van der Waals surface area contributed by atoms with Crippen LogP contribution in [0, 0.1) is 5.92 Å². The topological polar surface area (TPSA) is 111 Å². The predicted molar refractivity (Wildman–Crippen MR) is 136 cm³/mol. The van der Waals surface area contributed by atoms with Gasteiger partial charge < -0.3 is 25.3 Å². The summed E-state index contributed by atoms with van der Waals surface area (Å²) in [5.74, 6) is -0.0316. The summed E-state index contributed by atoms with van der Waals surface area (Å²) in [6.07, 6.45) is 13.5. The molecule has 2 saturated heterocycles. The first-order chi connectivity index (χ1) is 17.1. The van der Waals surface area contributed by atoms with E-state index in [1.165, 1.54) is 38.5 Å². The summed E-state index contributed by atoms with van der Waals surface area (Å²) in [6.45, 7) is 2.46.